The van der Waals surface area contributed by atoms with Gasteiger partial charge in [0.05, 0.1) is 0 Å². The van der Waals surface area contributed by atoms with Gasteiger partial charge in [-0.25, -0.2) is 10.5 Å². The Bertz CT molecular complexity index is 84.7. The summed E-state index contributed by atoms with van der Waals surface area (Å²) < 4.78 is 11.6. The van der Waals surface area contributed by atoms with Crippen molar-refractivity contribution >= 4 is 18.1 Å². The van der Waals surface area contributed by atoms with Gasteiger partial charge < -0.3 is 15.9 Å². The minimum absolute atomic E-state index is 0.506. The molecule has 2 unspecified atom stereocenters. The molecule has 0 spiro atoms. The highest BCUT2D eigenvalue weighted by Gasteiger charge is 1.85. The predicted molar refractivity (Wildman–Crippen MR) is 50.7 cm³/mol. The van der Waals surface area contributed by atoms with Crippen LogP contribution in [0.15, 0.2) is 12.5 Å². The lowest BCUT2D eigenvalue weighted by Gasteiger charge is -1.94. The van der Waals surface area contributed by atoms with Crippen molar-refractivity contribution in [2.75, 3.05) is 7.05 Å². The normalized spacial score (nSPS) is 10.3. The lowest BCUT2D eigenvalue weighted by atomic mass is 11.1. The van der Waals surface area contributed by atoms with Crippen LogP contribution in [0.2, 0.25) is 0 Å². The predicted octanol–water partition coefficient (Wildman–Crippen LogP) is 1.08. The Morgan fingerprint density at radius 3 is 1.86 bits per heavy atom. The molecular weight excluding hydrogens is 240 g/mol. The van der Waals surface area contributed by atoms with Gasteiger partial charge in [-0.2, -0.15) is 9.35 Å². The molecule has 0 aromatic heterocycles. The van der Waals surface area contributed by atoms with Crippen LogP contribution in [0.4, 0.5) is 0 Å². The second kappa shape index (κ2) is 29.3. The van der Waals surface area contributed by atoms with Gasteiger partial charge in [-0.1, -0.05) is 5.04 Å². The van der Waals surface area contributed by atoms with Crippen molar-refractivity contribution in [3.05, 3.63) is 12.5 Å². The molecule has 0 aromatic carbocycles. The Hall–Kier alpha value is -0.0800. The van der Waals surface area contributed by atoms with Gasteiger partial charge in [0, 0.05) is 0 Å². The van der Waals surface area contributed by atoms with Gasteiger partial charge in [0.2, 0.25) is 9.03 Å². The molecule has 0 aliphatic carbocycles. The Morgan fingerprint density at radius 2 is 1.57 bits per heavy atom. The number of aliphatic hydroxyl groups excluding tert-OH is 2. The maximum absolute atomic E-state index is 7.60. The molecule has 0 fully saturated rings. The van der Waals surface area contributed by atoms with Gasteiger partial charge in [-0.05, 0) is 7.05 Å². The van der Waals surface area contributed by atoms with E-state index >= 15 is 0 Å². The van der Waals surface area contributed by atoms with E-state index in [2.05, 4.69) is 24.4 Å². The van der Waals surface area contributed by atoms with Crippen LogP contribution in [0.3, 0.4) is 0 Å². The highest BCUT2D eigenvalue weighted by molar-refractivity contribution is 7.40. The van der Waals surface area contributed by atoms with Crippen molar-refractivity contribution in [2.24, 2.45) is 5.73 Å². The van der Waals surface area contributed by atoms with Crippen LogP contribution in [0, 0.1) is 0 Å². The lowest BCUT2D eigenvalue weighted by Crippen LogP contribution is -1.73. The third-order valence-corrected chi connectivity index (χ3v) is 1.14. The first-order valence-electron chi connectivity index (χ1n) is 2.78. The minimum Gasteiger partial charge on any atom is -0.512 e. The summed E-state index contributed by atoms with van der Waals surface area (Å²) in [6.45, 7) is 0. The molecule has 0 aromatic rings. The summed E-state index contributed by atoms with van der Waals surface area (Å²) >= 11 is 0. The van der Waals surface area contributed by atoms with Crippen molar-refractivity contribution < 1.29 is 39.4 Å². The third-order valence-electron chi connectivity index (χ3n) is 0.259. The summed E-state index contributed by atoms with van der Waals surface area (Å²) in [5.74, 6) is 0. The number of nitrogens with two attached hydrogens (primary N) is 1. The van der Waals surface area contributed by atoms with E-state index in [1.165, 1.54) is 7.05 Å². The first kappa shape index (κ1) is 19.5. The van der Waals surface area contributed by atoms with Crippen LogP contribution >= 0.6 is 18.1 Å². The summed E-state index contributed by atoms with van der Waals surface area (Å²) in [6.07, 6.45) is 1.11. The molecule has 9 nitrogen and oxygen atoms in total. The zero-order chi connectivity index (χ0) is 11.7. The average molecular weight is 253 g/mol. The smallest absolute Gasteiger partial charge is 0.203 e. The van der Waals surface area contributed by atoms with E-state index in [0.717, 1.165) is 0 Å². The van der Waals surface area contributed by atoms with Crippen LogP contribution in [0.5, 0.6) is 0 Å². The van der Waals surface area contributed by atoms with Crippen LogP contribution in [0.25, 0.3) is 0 Å². The molecule has 11 heteroatoms. The molecule has 0 rings (SSSR count). The van der Waals surface area contributed by atoms with E-state index < -0.39 is 18.1 Å². The fraction of sp³-hybridized carbons (Fsp3) is 0.333. The number of rotatable bonds is 5. The van der Waals surface area contributed by atoms with Gasteiger partial charge in [-0.3, -0.25) is 4.31 Å². The Kier molecular flexibility index (Phi) is 40.7. The van der Waals surface area contributed by atoms with Crippen molar-refractivity contribution in [3.8, 4) is 0 Å². The molecule has 0 saturated heterocycles. The topological polar surface area (TPSA) is 144 Å². The molecule has 88 valence electrons. The molecular formula is C3H13NO8P2. The van der Waals surface area contributed by atoms with Crippen LogP contribution in [-0.2, 0) is 18.7 Å². The zero-order valence-corrected chi connectivity index (χ0v) is 9.15. The van der Waals surface area contributed by atoms with E-state index in [-0.39, 0.29) is 0 Å². The standard InChI is InChI=1S/C2H4O2.CH5N.H4O6P2/c3-1-2-4;1-2;1-3-5-8-6-7-4-2/h1-4H;2H2,1H3;1-2,7-8H/b2-1+;;. The molecule has 0 amide bonds. The van der Waals surface area contributed by atoms with Crippen molar-refractivity contribution in [1.82, 2.24) is 0 Å². The largest absolute Gasteiger partial charge is 0.512 e. The summed E-state index contributed by atoms with van der Waals surface area (Å²) in [5, 5.41) is 33.1. The summed E-state index contributed by atoms with van der Waals surface area (Å²) in [7, 11) is 0.471. The average Bonchev–Trinajstić information content (AvgIpc) is 2.28. The van der Waals surface area contributed by atoms with Gasteiger partial charge in [0.1, 0.15) is 12.5 Å². The van der Waals surface area contributed by atoms with E-state index in [9.17, 15) is 0 Å². The first-order chi connectivity index (χ1) is 6.83. The highest BCUT2D eigenvalue weighted by Crippen LogP contribution is 2.26. The van der Waals surface area contributed by atoms with Gasteiger partial charge >= 0.3 is 0 Å². The SMILES string of the molecule is CN.O/C=C/O.OOOPOPOO. The minimum atomic E-state index is -0.523. The van der Waals surface area contributed by atoms with E-state index in [1.807, 2.05) is 0 Å². The second-order valence-corrected chi connectivity index (χ2v) is 2.32. The van der Waals surface area contributed by atoms with Gasteiger partial charge in [0.15, 0.2) is 9.03 Å². The molecule has 0 saturated carbocycles. The molecule has 0 aliphatic heterocycles. The molecule has 6 N–H and O–H groups in total. The molecule has 0 radical (unpaired) electrons. The Morgan fingerprint density at radius 1 is 1.07 bits per heavy atom. The summed E-state index contributed by atoms with van der Waals surface area (Å²) in [4.78, 5) is 0. The van der Waals surface area contributed by atoms with E-state index in [0.29, 0.717) is 12.5 Å². The molecule has 2 atom stereocenters. The summed E-state index contributed by atoms with van der Waals surface area (Å²) in [6, 6.07) is 0. The molecule has 14 heavy (non-hydrogen) atoms. The molecule has 0 aliphatic rings. The van der Waals surface area contributed by atoms with Crippen LogP contribution in [-0.4, -0.2) is 27.8 Å². The maximum Gasteiger partial charge on any atom is 0.203 e. The molecule has 0 bridgehead atoms. The quantitative estimate of drug-likeness (QED) is 0.160. The van der Waals surface area contributed by atoms with Crippen molar-refractivity contribution in [1.29, 1.82) is 0 Å². The van der Waals surface area contributed by atoms with Crippen LogP contribution in [0.1, 0.15) is 0 Å². The number of hydrogen-bond donors (Lipinski definition) is 5. The first-order valence-corrected chi connectivity index (χ1v) is 4.41. The fourth-order valence-corrected chi connectivity index (χ4v) is 0.520. The number of aliphatic hydroxyl groups is 2. The highest BCUT2D eigenvalue weighted by atomic mass is 31.2. The van der Waals surface area contributed by atoms with E-state index in [4.69, 9.17) is 20.7 Å². The number of hydrogen-bond acceptors (Lipinski definition) is 9. The zero-order valence-electron chi connectivity index (χ0n) is 7.15. The second-order valence-electron chi connectivity index (χ2n) is 0.816. The third kappa shape index (κ3) is 40.6. The van der Waals surface area contributed by atoms with Crippen LogP contribution < -0.4 is 5.73 Å². The molecule has 0 heterocycles. The summed E-state index contributed by atoms with van der Waals surface area (Å²) in [5.41, 5.74) is 4.50. The monoisotopic (exact) mass is 253 g/mol. The fourth-order valence-electron chi connectivity index (χ4n) is 0.0679. The lowest BCUT2D eigenvalue weighted by molar-refractivity contribution is -0.437. The van der Waals surface area contributed by atoms with Gasteiger partial charge in [0.25, 0.3) is 0 Å². The maximum atomic E-state index is 7.60. The van der Waals surface area contributed by atoms with Crippen molar-refractivity contribution in [2.45, 2.75) is 0 Å². The van der Waals surface area contributed by atoms with Gasteiger partial charge in [-0.15, -0.1) is 0 Å². The Labute approximate surface area is 83.7 Å². The van der Waals surface area contributed by atoms with Crippen molar-refractivity contribution in [3.63, 3.8) is 0 Å². The van der Waals surface area contributed by atoms with E-state index in [1.54, 1.807) is 0 Å². The Balaban J connectivity index is -0.000000170.